The number of rotatable bonds is 6. The van der Waals surface area contributed by atoms with Crippen molar-refractivity contribution in [1.82, 2.24) is 10.2 Å². The number of carbonyl (C=O) groups is 2. The van der Waals surface area contributed by atoms with Crippen LogP contribution in [0.2, 0.25) is 0 Å². The molecule has 0 unspecified atom stereocenters. The lowest BCUT2D eigenvalue weighted by Crippen LogP contribution is -2.42. The van der Waals surface area contributed by atoms with Crippen LogP contribution < -0.4 is 15.4 Å². The van der Waals surface area contributed by atoms with Gasteiger partial charge in [-0.25, -0.2) is 4.79 Å². The van der Waals surface area contributed by atoms with Gasteiger partial charge in [0, 0.05) is 25.3 Å². The van der Waals surface area contributed by atoms with E-state index in [2.05, 4.69) is 10.6 Å². The molecule has 1 aromatic rings. The molecule has 2 N–H and O–H groups in total. The normalized spacial score (nSPS) is 20.0. The number of hydrogen-bond donors (Lipinski definition) is 2. The van der Waals surface area contributed by atoms with Gasteiger partial charge in [0.25, 0.3) is 5.91 Å². The molecule has 0 aromatic heterocycles. The third-order valence-electron chi connectivity index (χ3n) is 4.21. The number of urea groups is 1. The molecule has 0 saturated carbocycles. The van der Waals surface area contributed by atoms with Crippen molar-refractivity contribution in [2.24, 2.45) is 0 Å². The van der Waals surface area contributed by atoms with Crippen molar-refractivity contribution in [2.45, 2.75) is 6.10 Å². The third kappa shape index (κ3) is 6.38. The van der Waals surface area contributed by atoms with Crippen LogP contribution in [0.3, 0.4) is 0 Å². The minimum Gasteiger partial charge on any atom is -0.484 e. The molecule has 2 aliphatic heterocycles. The van der Waals surface area contributed by atoms with Crippen LogP contribution in [-0.4, -0.2) is 82.2 Å². The van der Waals surface area contributed by atoms with Crippen LogP contribution in [0, 0.1) is 0 Å². The minimum atomic E-state index is -0.319. The second-order valence-corrected chi connectivity index (χ2v) is 6.21. The maximum atomic E-state index is 12.0. The van der Waals surface area contributed by atoms with Gasteiger partial charge in [-0.3, -0.25) is 4.79 Å². The molecule has 0 aliphatic carbocycles. The molecular weight excluding hydrogens is 354 g/mol. The molecule has 1 aromatic carbocycles. The van der Waals surface area contributed by atoms with Gasteiger partial charge in [0.05, 0.1) is 39.1 Å². The maximum absolute atomic E-state index is 12.0. The van der Waals surface area contributed by atoms with E-state index in [4.69, 9.17) is 18.9 Å². The van der Waals surface area contributed by atoms with Gasteiger partial charge in [-0.15, -0.1) is 0 Å². The monoisotopic (exact) mass is 379 g/mol. The molecule has 148 valence electrons. The van der Waals surface area contributed by atoms with Crippen LogP contribution in [0.15, 0.2) is 24.3 Å². The first-order valence-electron chi connectivity index (χ1n) is 9.03. The first kappa shape index (κ1) is 19.4. The zero-order chi connectivity index (χ0) is 18.9. The van der Waals surface area contributed by atoms with Gasteiger partial charge in [-0.2, -0.15) is 0 Å². The van der Waals surface area contributed by atoms with E-state index >= 15 is 0 Å². The highest BCUT2D eigenvalue weighted by Gasteiger charge is 2.17. The summed E-state index contributed by atoms with van der Waals surface area (Å²) in [5.74, 6) is 0.504. The number of carbonyl (C=O) groups excluding carboxylic acids is 2. The number of hydrogen-bond acceptors (Lipinski definition) is 6. The van der Waals surface area contributed by atoms with E-state index in [1.54, 1.807) is 29.2 Å². The van der Waals surface area contributed by atoms with Gasteiger partial charge in [0.1, 0.15) is 5.75 Å². The van der Waals surface area contributed by atoms with E-state index in [9.17, 15) is 9.59 Å². The molecule has 9 nitrogen and oxygen atoms in total. The minimum absolute atomic E-state index is 0.0171. The fourth-order valence-corrected chi connectivity index (χ4v) is 2.72. The summed E-state index contributed by atoms with van der Waals surface area (Å²) in [5, 5.41) is 5.48. The summed E-state index contributed by atoms with van der Waals surface area (Å²) in [7, 11) is 0. The number of ether oxygens (including phenoxy) is 4. The molecule has 2 fully saturated rings. The first-order chi connectivity index (χ1) is 13.2. The molecule has 2 aliphatic rings. The van der Waals surface area contributed by atoms with Crippen molar-refractivity contribution in [3.63, 3.8) is 0 Å². The Morgan fingerprint density at radius 1 is 1.07 bits per heavy atom. The molecule has 2 saturated heterocycles. The number of amides is 3. The summed E-state index contributed by atoms with van der Waals surface area (Å²) in [5.41, 5.74) is 0.625. The molecule has 1 atom stereocenters. The summed E-state index contributed by atoms with van der Waals surface area (Å²) < 4.78 is 21.5. The van der Waals surface area contributed by atoms with Crippen molar-refractivity contribution >= 4 is 17.6 Å². The van der Waals surface area contributed by atoms with Crippen LogP contribution in [0.25, 0.3) is 0 Å². The lowest BCUT2D eigenvalue weighted by Gasteiger charge is -2.26. The number of anilines is 1. The Hall–Kier alpha value is -2.36. The molecule has 2 heterocycles. The highest BCUT2D eigenvalue weighted by atomic mass is 16.6. The summed E-state index contributed by atoms with van der Waals surface area (Å²) in [6.07, 6.45) is -0.121. The van der Waals surface area contributed by atoms with Crippen LogP contribution in [0.5, 0.6) is 5.75 Å². The van der Waals surface area contributed by atoms with Crippen molar-refractivity contribution in [3.05, 3.63) is 24.3 Å². The largest absolute Gasteiger partial charge is 0.484 e. The van der Waals surface area contributed by atoms with E-state index in [0.29, 0.717) is 64.1 Å². The van der Waals surface area contributed by atoms with E-state index in [1.165, 1.54) is 0 Å². The summed E-state index contributed by atoms with van der Waals surface area (Å²) in [6.45, 7) is 4.31. The van der Waals surface area contributed by atoms with Crippen molar-refractivity contribution in [1.29, 1.82) is 0 Å². The Balaban J connectivity index is 1.37. The first-order valence-corrected chi connectivity index (χ1v) is 9.03. The van der Waals surface area contributed by atoms with Gasteiger partial charge < -0.3 is 34.5 Å². The van der Waals surface area contributed by atoms with Crippen molar-refractivity contribution < 1.29 is 28.5 Å². The maximum Gasteiger partial charge on any atom is 0.319 e. The quantitative estimate of drug-likeness (QED) is 0.745. The van der Waals surface area contributed by atoms with E-state index in [-0.39, 0.29) is 24.6 Å². The standard InChI is InChI=1S/C18H25N3O6/c22-17(21-5-7-24-8-6-21)13-27-15-3-1-14(2-4-15)20-18(23)19-11-16-12-25-9-10-26-16/h1-4,16H,5-13H2,(H2,19,20,23)/t16-/m1/s1. The summed E-state index contributed by atoms with van der Waals surface area (Å²) in [4.78, 5) is 25.7. The van der Waals surface area contributed by atoms with Crippen LogP contribution in [0.4, 0.5) is 10.5 Å². The molecule has 9 heteroatoms. The van der Waals surface area contributed by atoms with E-state index in [1.807, 2.05) is 0 Å². The highest BCUT2D eigenvalue weighted by molar-refractivity contribution is 5.89. The number of benzene rings is 1. The van der Waals surface area contributed by atoms with Gasteiger partial charge in [-0.1, -0.05) is 0 Å². The molecule has 0 bridgehead atoms. The highest BCUT2D eigenvalue weighted by Crippen LogP contribution is 2.16. The van der Waals surface area contributed by atoms with Gasteiger partial charge in [-0.05, 0) is 24.3 Å². The Kier molecular flexibility index (Phi) is 7.26. The zero-order valence-corrected chi connectivity index (χ0v) is 15.1. The van der Waals surface area contributed by atoms with E-state index < -0.39 is 0 Å². The Morgan fingerprint density at radius 3 is 2.56 bits per heavy atom. The topological polar surface area (TPSA) is 98.4 Å². The molecule has 3 rings (SSSR count). The van der Waals surface area contributed by atoms with Gasteiger partial charge in [0.2, 0.25) is 0 Å². The lowest BCUT2D eigenvalue weighted by molar-refractivity contribution is -0.137. The zero-order valence-electron chi connectivity index (χ0n) is 15.1. The number of nitrogens with one attached hydrogen (secondary N) is 2. The molecule has 0 radical (unpaired) electrons. The lowest BCUT2D eigenvalue weighted by atomic mass is 10.3. The average Bonchev–Trinajstić information content (AvgIpc) is 2.73. The number of nitrogens with zero attached hydrogens (tertiary/aromatic N) is 1. The fourth-order valence-electron chi connectivity index (χ4n) is 2.72. The molecule has 27 heavy (non-hydrogen) atoms. The average molecular weight is 379 g/mol. The van der Waals surface area contributed by atoms with Gasteiger partial charge in [0.15, 0.2) is 6.61 Å². The van der Waals surface area contributed by atoms with Crippen LogP contribution in [0.1, 0.15) is 0 Å². The fraction of sp³-hybridized carbons (Fsp3) is 0.556. The molecular formula is C18H25N3O6. The van der Waals surface area contributed by atoms with Gasteiger partial charge >= 0.3 is 6.03 Å². The van der Waals surface area contributed by atoms with Crippen molar-refractivity contribution in [2.75, 3.05) is 64.6 Å². The predicted molar refractivity (Wildman–Crippen MR) is 96.9 cm³/mol. The molecule has 0 spiro atoms. The number of morpholine rings is 1. The van der Waals surface area contributed by atoms with Crippen LogP contribution in [-0.2, 0) is 19.0 Å². The summed E-state index contributed by atoms with van der Waals surface area (Å²) >= 11 is 0. The predicted octanol–water partition coefficient (Wildman–Crippen LogP) is 0.461. The second kappa shape index (κ2) is 10.1. The second-order valence-electron chi connectivity index (χ2n) is 6.21. The Bertz CT molecular complexity index is 612. The SMILES string of the molecule is O=C(NC[C@@H]1COCCO1)Nc1ccc(OCC(=O)N2CCOCC2)cc1. The smallest absolute Gasteiger partial charge is 0.319 e. The Morgan fingerprint density at radius 2 is 1.85 bits per heavy atom. The van der Waals surface area contributed by atoms with Crippen molar-refractivity contribution in [3.8, 4) is 5.75 Å². The third-order valence-corrected chi connectivity index (χ3v) is 4.21. The van der Waals surface area contributed by atoms with E-state index in [0.717, 1.165) is 0 Å². The molecule has 3 amide bonds. The van der Waals surface area contributed by atoms with Crippen LogP contribution >= 0.6 is 0 Å². The summed E-state index contributed by atoms with van der Waals surface area (Å²) in [6, 6.07) is 6.53. The Labute approximate surface area is 157 Å².